The Hall–Kier alpha value is -2.28. The molecule has 2 N–H and O–H groups in total. The number of pyridine rings is 1. The van der Waals surface area contributed by atoms with Gasteiger partial charge < -0.3 is 15.0 Å². The monoisotopic (exact) mass is 352 g/mol. The third-order valence-electron chi connectivity index (χ3n) is 4.72. The summed E-state index contributed by atoms with van der Waals surface area (Å²) in [4.78, 5) is 12.9. The minimum atomic E-state index is -4.55. The van der Waals surface area contributed by atoms with Crippen LogP contribution in [0.5, 0.6) is 5.75 Å². The molecule has 1 aliphatic heterocycles. The zero-order valence-corrected chi connectivity index (χ0v) is 13.7. The van der Waals surface area contributed by atoms with E-state index in [0.29, 0.717) is 12.6 Å². The number of hydrogen-bond acceptors (Lipinski definition) is 3. The van der Waals surface area contributed by atoms with Crippen LogP contribution in [0.4, 0.5) is 13.2 Å². The predicted octanol–water partition coefficient (Wildman–Crippen LogP) is 3.34. The summed E-state index contributed by atoms with van der Waals surface area (Å²) in [5.41, 5.74) is -1.41. The molecule has 7 heteroatoms. The van der Waals surface area contributed by atoms with E-state index in [9.17, 15) is 23.1 Å². The maximum Gasteiger partial charge on any atom is 0.416 e. The molecule has 0 aliphatic carbocycles. The molecule has 1 atom stereocenters. The number of rotatable bonds is 2. The third kappa shape index (κ3) is 3.28. The van der Waals surface area contributed by atoms with Gasteiger partial charge >= 0.3 is 6.18 Å². The fraction of sp³-hybridized carbons (Fsp3) is 0.389. The molecule has 1 saturated heterocycles. The summed E-state index contributed by atoms with van der Waals surface area (Å²) in [6.07, 6.45) is -1.12. The summed E-state index contributed by atoms with van der Waals surface area (Å²) in [5, 5.41) is 13.3. The number of nitrogens with one attached hydrogen (secondary N) is 1. The van der Waals surface area contributed by atoms with Crippen LogP contribution in [-0.4, -0.2) is 22.8 Å². The molecule has 134 valence electrons. The van der Waals surface area contributed by atoms with Crippen LogP contribution in [0.3, 0.4) is 0 Å². The molecule has 0 unspecified atom stereocenters. The topological polar surface area (TPSA) is 54.3 Å². The molecular weight excluding hydrogens is 333 g/mol. The number of hydrogen-bond donors (Lipinski definition) is 2. The van der Waals surface area contributed by atoms with Gasteiger partial charge in [-0.3, -0.25) is 4.79 Å². The van der Waals surface area contributed by atoms with E-state index >= 15 is 0 Å². The van der Waals surface area contributed by atoms with Gasteiger partial charge in [-0.25, -0.2) is 0 Å². The van der Waals surface area contributed by atoms with Gasteiger partial charge in [0.1, 0.15) is 5.75 Å². The van der Waals surface area contributed by atoms with Gasteiger partial charge in [-0.1, -0.05) is 0 Å². The first-order valence-electron chi connectivity index (χ1n) is 8.06. The lowest BCUT2D eigenvalue weighted by atomic mass is 9.91. The standard InChI is InChI=1S/C18H19F3N2O2/c1-17(7-3-8-22-11-17)23-9-2-4-14(16(23)25)13-6-5-12(10-15(13)24)18(19,20)21/h2,4-6,9-10,22,24H,3,7-8,11H2,1H3/t17-/m0/s1. The number of aromatic hydroxyl groups is 1. The molecule has 2 aromatic rings. The van der Waals surface area contributed by atoms with E-state index in [-0.39, 0.29) is 16.7 Å². The highest BCUT2D eigenvalue weighted by Gasteiger charge is 2.32. The highest BCUT2D eigenvalue weighted by Crippen LogP contribution is 2.35. The van der Waals surface area contributed by atoms with Crippen molar-refractivity contribution in [3.8, 4) is 16.9 Å². The number of halogens is 3. The van der Waals surface area contributed by atoms with E-state index in [1.54, 1.807) is 16.8 Å². The lowest BCUT2D eigenvalue weighted by molar-refractivity contribution is -0.137. The van der Waals surface area contributed by atoms with E-state index in [4.69, 9.17) is 0 Å². The van der Waals surface area contributed by atoms with Gasteiger partial charge in [0, 0.05) is 18.3 Å². The van der Waals surface area contributed by atoms with Gasteiger partial charge in [-0.2, -0.15) is 13.2 Å². The van der Waals surface area contributed by atoms with Crippen LogP contribution in [-0.2, 0) is 11.7 Å². The maximum absolute atomic E-state index is 12.9. The van der Waals surface area contributed by atoms with Crippen LogP contribution >= 0.6 is 0 Å². The lowest BCUT2D eigenvalue weighted by Crippen LogP contribution is -2.49. The molecule has 2 heterocycles. The first kappa shape index (κ1) is 17.5. The molecule has 0 bridgehead atoms. The lowest BCUT2D eigenvalue weighted by Gasteiger charge is -2.36. The van der Waals surface area contributed by atoms with Crippen LogP contribution in [0.2, 0.25) is 0 Å². The molecule has 1 fully saturated rings. The summed E-state index contributed by atoms with van der Waals surface area (Å²) in [5.74, 6) is -0.559. The fourth-order valence-electron chi connectivity index (χ4n) is 3.31. The van der Waals surface area contributed by atoms with E-state index in [1.807, 2.05) is 6.92 Å². The van der Waals surface area contributed by atoms with Crippen molar-refractivity contribution < 1.29 is 18.3 Å². The largest absolute Gasteiger partial charge is 0.507 e. The van der Waals surface area contributed by atoms with Gasteiger partial charge in [0.15, 0.2) is 0 Å². The van der Waals surface area contributed by atoms with E-state index in [0.717, 1.165) is 31.5 Å². The molecule has 1 aromatic carbocycles. The molecule has 25 heavy (non-hydrogen) atoms. The maximum atomic E-state index is 12.9. The van der Waals surface area contributed by atoms with Gasteiger partial charge in [0.2, 0.25) is 0 Å². The van der Waals surface area contributed by atoms with Crippen molar-refractivity contribution in [3.63, 3.8) is 0 Å². The zero-order valence-electron chi connectivity index (χ0n) is 13.7. The summed E-state index contributed by atoms with van der Waals surface area (Å²) in [7, 11) is 0. The van der Waals surface area contributed by atoms with Crippen LogP contribution in [0.15, 0.2) is 41.3 Å². The number of aromatic nitrogens is 1. The Balaban J connectivity index is 2.08. The van der Waals surface area contributed by atoms with Crippen LogP contribution < -0.4 is 10.9 Å². The van der Waals surface area contributed by atoms with Crippen LogP contribution in [0.1, 0.15) is 25.3 Å². The van der Waals surface area contributed by atoms with Crippen molar-refractivity contribution >= 4 is 0 Å². The Bertz CT molecular complexity index is 837. The first-order valence-corrected chi connectivity index (χ1v) is 8.06. The molecule has 1 aliphatic rings. The Kier molecular flexibility index (Phi) is 4.36. The molecule has 0 radical (unpaired) electrons. The van der Waals surface area contributed by atoms with Gasteiger partial charge in [-0.05, 0) is 56.6 Å². The van der Waals surface area contributed by atoms with E-state index in [2.05, 4.69) is 5.32 Å². The Morgan fingerprint density at radius 3 is 2.60 bits per heavy atom. The van der Waals surface area contributed by atoms with Gasteiger partial charge in [0.25, 0.3) is 5.56 Å². The number of alkyl halides is 3. The third-order valence-corrected chi connectivity index (χ3v) is 4.72. The Labute approximate surface area is 142 Å². The number of piperidine rings is 1. The predicted molar refractivity (Wildman–Crippen MR) is 88.6 cm³/mol. The second-order valence-corrected chi connectivity index (χ2v) is 6.60. The number of phenolic OH excluding ortho intramolecular Hbond substituents is 1. The van der Waals surface area contributed by atoms with Crippen molar-refractivity contribution in [1.82, 2.24) is 9.88 Å². The zero-order chi connectivity index (χ0) is 18.2. The summed E-state index contributed by atoms with van der Waals surface area (Å²) < 4.78 is 39.9. The molecule has 0 saturated carbocycles. The summed E-state index contributed by atoms with van der Waals surface area (Å²) in [6.45, 7) is 3.50. The normalized spacial score (nSPS) is 21.3. The number of phenols is 1. The Morgan fingerprint density at radius 2 is 2.00 bits per heavy atom. The van der Waals surface area contributed by atoms with Crippen LogP contribution in [0, 0.1) is 0 Å². The van der Waals surface area contributed by atoms with Crippen molar-refractivity contribution in [1.29, 1.82) is 0 Å². The molecule has 0 amide bonds. The number of benzene rings is 1. The van der Waals surface area contributed by atoms with E-state index in [1.165, 1.54) is 6.07 Å². The minimum absolute atomic E-state index is 0.0970. The van der Waals surface area contributed by atoms with Crippen molar-refractivity contribution in [2.75, 3.05) is 13.1 Å². The average Bonchev–Trinajstić information content (AvgIpc) is 2.55. The Morgan fingerprint density at radius 1 is 1.24 bits per heavy atom. The number of nitrogens with zero attached hydrogens (tertiary/aromatic N) is 1. The average molecular weight is 352 g/mol. The van der Waals surface area contributed by atoms with Crippen LogP contribution in [0.25, 0.3) is 11.1 Å². The van der Waals surface area contributed by atoms with Gasteiger partial charge in [-0.15, -0.1) is 0 Å². The van der Waals surface area contributed by atoms with E-state index < -0.39 is 23.0 Å². The summed E-state index contributed by atoms with van der Waals surface area (Å²) >= 11 is 0. The van der Waals surface area contributed by atoms with Crippen molar-refractivity contribution in [2.24, 2.45) is 0 Å². The highest BCUT2D eigenvalue weighted by atomic mass is 19.4. The second kappa shape index (κ2) is 6.22. The second-order valence-electron chi connectivity index (χ2n) is 6.60. The fourth-order valence-corrected chi connectivity index (χ4v) is 3.31. The quantitative estimate of drug-likeness (QED) is 0.872. The SMILES string of the molecule is C[C@]1(n2cccc(-c3ccc(C(F)(F)F)cc3O)c2=O)CCCNC1. The van der Waals surface area contributed by atoms with Gasteiger partial charge in [0.05, 0.1) is 16.7 Å². The highest BCUT2D eigenvalue weighted by molar-refractivity contribution is 5.69. The van der Waals surface area contributed by atoms with Crippen molar-refractivity contribution in [2.45, 2.75) is 31.5 Å². The molecule has 4 nitrogen and oxygen atoms in total. The molecule has 1 aromatic heterocycles. The first-order chi connectivity index (χ1) is 11.7. The smallest absolute Gasteiger partial charge is 0.416 e. The molecular formula is C18H19F3N2O2. The van der Waals surface area contributed by atoms with Crippen molar-refractivity contribution in [3.05, 3.63) is 52.4 Å². The minimum Gasteiger partial charge on any atom is -0.507 e. The summed E-state index contributed by atoms with van der Waals surface area (Å²) in [6, 6.07) is 5.85. The molecule has 0 spiro atoms. The molecule has 3 rings (SSSR count).